The van der Waals surface area contributed by atoms with Gasteiger partial charge in [0.15, 0.2) is 0 Å². The van der Waals surface area contributed by atoms with E-state index in [1.807, 2.05) is 6.92 Å². The Bertz CT molecular complexity index is 357. The van der Waals surface area contributed by atoms with Crippen molar-refractivity contribution < 1.29 is 9.18 Å². The van der Waals surface area contributed by atoms with Crippen LogP contribution in [0.2, 0.25) is 5.02 Å². The molecule has 82 valence electrons. The molecule has 0 saturated carbocycles. The van der Waals surface area contributed by atoms with Gasteiger partial charge in [-0.2, -0.15) is 0 Å². The van der Waals surface area contributed by atoms with Gasteiger partial charge in [-0.1, -0.05) is 18.5 Å². The number of carbonyl (C=O) groups excluding carboxylic acids is 1. The Kier molecular flexibility index (Phi) is 4.52. The third-order valence-electron chi connectivity index (χ3n) is 1.74. The van der Waals surface area contributed by atoms with Crippen LogP contribution in [0.3, 0.4) is 0 Å². The summed E-state index contributed by atoms with van der Waals surface area (Å²) in [6.45, 7) is 2.85. The number of halogens is 2. The molecule has 0 spiro atoms. The molecule has 0 unspecified atom stereocenters. The Labute approximate surface area is 92.6 Å². The van der Waals surface area contributed by atoms with Crippen LogP contribution in [-0.2, 0) is 4.79 Å². The molecule has 1 rings (SSSR count). The summed E-state index contributed by atoms with van der Waals surface area (Å²) in [6, 6.07) is 4.05. The van der Waals surface area contributed by atoms with E-state index in [1.165, 1.54) is 18.2 Å². The zero-order valence-electron chi connectivity index (χ0n) is 8.31. The number of rotatable bonds is 4. The van der Waals surface area contributed by atoms with E-state index in [9.17, 15) is 9.18 Å². The lowest BCUT2D eigenvalue weighted by atomic mass is 10.3. The number of benzene rings is 1. The molecule has 0 aliphatic carbocycles. The van der Waals surface area contributed by atoms with Crippen molar-refractivity contribution >= 4 is 23.2 Å². The van der Waals surface area contributed by atoms with Gasteiger partial charge in [-0.3, -0.25) is 4.79 Å². The SMILES string of the molecule is CCNCC(=O)Nc1ccc(F)c(Cl)c1. The van der Waals surface area contributed by atoms with Crippen LogP contribution in [0.1, 0.15) is 6.92 Å². The van der Waals surface area contributed by atoms with E-state index in [0.717, 1.165) is 6.54 Å². The second-order valence-corrected chi connectivity index (χ2v) is 3.36. The van der Waals surface area contributed by atoms with E-state index < -0.39 is 5.82 Å². The summed E-state index contributed by atoms with van der Waals surface area (Å²) in [5, 5.41) is 5.46. The Morgan fingerprint density at radius 2 is 2.27 bits per heavy atom. The van der Waals surface area contributed by atoms with Crippen LogP contribution in [0, 0.1) is 5.82 Å². The maximum atomic E-state index is 12.8. The topological polar surface area (TPSA) is 41.1 Å². The van der Waals surface area contributed by atoms with Crippen LogP contribution in [0.5, 0.6) is 0 Å². The van der Waals surface area contributed by atoms with Gasteiger partial charge in [-0.25, -0.2) is 4.39 Å². The molecule has 0 aliphatic heterocycles. The predicted octanol–water partition coefficient (Wildman–Crippen LogP) is 2.03. The molecular formula is C10H12ClFN2O. The molecule has 0 atom stereocenters. The van der Waals surface area contributed by atoms with Gasteiger partial charge in [0.05, 0.1) is 11.6 Å². The highest BCUT2D eigenvalue weighted by atomic mass is 35.5. The fraction of sp³-hybridized carbons (Fsp3) is 0.300. The molecule has 0 heterocycles. The van der Waals surface area contributed by atoms with E-state index in [-0.39, 0.29) is 17.5 Å². The van der Waals surface area contributed by atoms with Gasteiger partial charge in [0.25, 0.3) is 0 Å². The van der Waals surface area contributed by atoms with Crippen molar-refractivity contribution in [2.24, 2.45) is 0 Å². The molecule has 5 heteroatoms. The molecule has 0 aromatic heterocycles. The van der Waals surface area contributed by atoms with Crippen molar-refractivity contribution in [3.63, 3.8) is 0 Å². The molecular weight excluding hydrogens is 219 g/mol. The average Bonchev–Trinajstić information content (AvgIpc) is 2.20. The normalized spacial score (nSPS) is 10.1. The summed E-state index contributed by atoms with van der Waals surface area (Å²) >= 11 is 5.56. The van der Waals surface area contributed by atoms with E-state index >= 15 is 0 Å². The first kappa shape index (κ1) is 11.9. The van der Waals surface area contributed by atoms with Crippen molar-refractivity contribution in [1.29, 1.82) is 0 Å². The number of likely N-dealkylation sites (N-methyl/N-ethyl adjacent to an activating group) is 1. The third kappa shape index (κ3) is 3.85. The number of hydrogen-bond acceptors (Lipinski definition) is 2. The molecule has 2 N–H and O–H groups in total. The summed E-state index contributed by atoms with van der Waals surface area (Å²) in [6.07, 6.45) is 0. The number of amides is 1. The lowest BCUT2D eigenvalue weighted by Crippen LogP contribution is -2.27. The van der Waals surface area contributed by atoms with Gasteiger partial charge < -0.3 is 10.6 Å². The van der Waals surface area contributed by atoms with Crippen molar-refractivity contribution in [2.75, 3.05) is 18.4 Å². The summed E-state index contributed by atoms with van der Waals surface area (Å²) in [7, 11) is 0. The highest BCUT2D eigenvalue weighted by Crippen LogP contribution is 2.18. The molecule has 0 fully saturated rings. The maximum absolute atomic E-state index is 12.8. The number of anilines is 1. The Morgan fingerprint density at radius 3 is 2.87 bits per heavy atom. The number of hydrogen-bond donors (Lipinski definition) is 2. The minimum atomic E-state index is -0.499. The van der Waals surface area contributed by atoms with Crippen LogP contribution < -0.4 is 10.6 Å². The van der Waals surface area contributed by atoms with Crippen LogP contribution in [0.4, 0.5) is 10.1 Å². The molecule has 0 bridgehead atoms. The summed E-state index contributed by atoms with van der Waals surface area (Å²) in [4.78, 5) is 11.3. The molecule has 3 nitrogen and oxygen atoms in total. The maximum Gasteiger partial charge on any atom is 0.238 e. The van der Waals surface area contributed by atoms with Crippen molar-refractivity contribution in [1.82, 2.24) is 5.32 Å². The summed E-state index contributed by atoms with van der Waals surface area (Å²) in [5.41, 5.74) is 0.490. The predicted molar refractivity (Wildman–Crippen MR) is 58.6 cm³/mol. The Balaban J connectivity index is 2.57. The fourth-order valence-electron chi connectivity index (χ4n) is 1.02. The molecule has 1 aromatic rings. The third-order valence-corrected chi connectivity index (χ3v) is 2.03. The van der Waals surface area contributed by atoms with Crippen molar-refractivity contribution in [2.45, 2.75) is 6.92 Å². The highest BCUT2D eigenvalue weighted by Gasteiger charge is 2.04. The van der Waals surface area contributed by atoms with E-state index in [4.69, 9.17) is 11.6 Å². The molecule has 15 heavy (non-hydrogen) atoms. The van der Waals surface area contributed by atoms with Crippen LogP contribution >= 0.6 is 11.6 Å². The Hall–Kier alpha value is -1.13. The first-order chi connectivity index (χ1) is 7.13. The van der Waals surface area contributed by atoms with E-state index in [2.05, 4.69) is 10.6 Å². The second kappa shape index (κ2) is 5.68. The average molecular weight is 231 g/mol. The first-order valence-electron chi connectivity index (χ1n) is 4.59. The van der Waals surface area contributed by atoms with Gasteiger partial charge in [-0.05, 0) is 24.7 Å². The smallest absolute Gasteiger partial charge is 0.238 e. The minimum absolute atomic E-state index is 0.00347. The molecule has 1 aromatic carbocycles. The monoisotopic (exact) mass is 230 g/mol. The number of carbonyl (C=O) groups is 1. The Morgan fingerprint density at radius 1 is 1.53 bits per heavy atom. The fourth-order valence-corrected chi connectivity index (χ4v) is 1.20. The number of nitrogens with one attached hydrogen (secondary N) is 2. The lowest BCUT2D eigenvalue weighted by molar-refractivity contribution is -0.115. The standard InChI is InChI=1S/C10H12ClFN2O/c1-2-13-6-10(15)14-7-3-4-9(12)8(11)5-7/h3-5,13H,2,6H2,1H3,(H,14,15). The van der Waals surface area contributed by atoms with Crippen LogP contribution in [0.25, 0.3) is 0 Å². The minimum Gasteiger partial charge on any atom is -0.325 e. The molecule has 1 amide bonds. The van der Waals surface area contributed by atoms with Gasteiger partial charge >= 0.3 is 0 Å². The zero-order chi connectivity index (χ0) is 11.3. The summed E-state index contributed by atoms with van der Waals surface area (Å²) < 4.78 is 12.8. The van der Waals surface area contributed by atoms with Gasteiger partial charge in [0, 0.05) is 5.69 Å². The molecule has 0 radical (unpaired) electrons. The van der Waals surface area contributed by atoms with E-state index in [1.54, 1.807) is 0 Å². The van der Waals surface area contributed by atoms with Gasteiger partial charge in [0.1, 0.15) is 5.82 Å². The molecule has 0 saturated heterocycles. The largest absolute Gasteiger partial charge is 0.325 e. The lowest BCUT2D eigenvalue weighted by Gasteiger charge is -2.05. The highest BCUT2D eigenvalue weighted by molar-refractivity contribution is 6.31. The quantitative estimate of drug-likeness (QED) is 0.831. The first-order valence-corrected chi connectivity index (χ1v) is 4.97. The second-order valence-electron chi connectivity index (χ2n) is 2.96. The van der Waals surface area contributed by atoms with Crippen molar-refractivity contribution in [3.8, 4) is 0 Å². The van der Waals surface area contributed by atoms with Gasteiger partial charge in [0.2, 0.25) is 5.91 Å². The molecule has 0 aliphatic rings. The van der Waals surface area contributed by atoms with Crippen LogP contribution in [0.15, 0.2) is 18.2 Å². The summed E-state index contributed by atoms with van der Waals surface area (Å²) in [5.74, 6) is -0.680. The van der Waals surface area contributed by atoms with Crippen LogP contribution in [-0.4, -0.2) is 19.0 Å². The van der Waals surface area contributed by atoms with Gasteiger partial charge in [-0.15, -0.1) is 0 Å². The van der Waals surface area contributed by atoms with Crippen molar-refractivity contribution in [3.05, 3.63) is 29.0 Å². The zero-order valence-corrected chi connectivity index (χ0v) is 9.07. The van der Waals surface area contributed by atoms with E-state index in [0.29, 0.717) is 5.69 Å².